The van der Waals surface area contributed by atoms with Crippen LogP contribution in [0.4, 0.5) is 0 Å². The van der Waals surface area contributed by atoms with Gasteiger partial charge in [-0.05, 0) is 19.8 Å². The zero-order chi connectivity index (χ0) is 12.6. The Morgan fingerprint density at radius 3 is 2.50 bits per heavy atom. The zero-order valence-electron chi connectivity index (χ0n) is 10.7. The Balaban J connectivity index is 3.55. The van der Waals surface area contributed by atoms with Crippen molar-refractivity contribution in [3.63, 3.8) is 0 Å². The minimum absolute atomic E-state index is 0.00869. The van der Waals surface area contributed by atoms with Crippen LogP contribution in [0.2, 0.25) is 0 Å². The molecule has 0 fully saturated rings. The Kier molecular flexibility index (Phi) is 8.47. The van der Waals surface area contributed by atoms with Crippen molar-refractivity contribution >= 4 is 16.7 Å². The van der Waals surface area contributed by atoms with E-state index in [0.29, 0.717) is 19.1 Å². The Labute approximate surface area is 101 Å². The van der Waals surface area contributed by atoms with Crippen molar-refractivity contribution in [3.05, 3.63) is 0 Å². The highest BCUT2D eigenvalue weighted by Crippen LogP contribution is 1.96. The zero-order valence-corrected chi connectivity index (χ0v) is 11.5. The number of carbonyl (C=O) groups is 1. The molecule has 0 aromatic rings. The quantitative estimate of drug-likeness (QED) is 0.663. The summed E-state index contributed by atoms with van der Waals surface area (Å²) in [5.74, 6) is 0.00869. The van der Waals surface area contributed by atoms with Crippen molar-refractivity contribution in [1.82, 2.24) is 10.6 Å². The van der Waals surface area contributed by atoms with Crippen molar-refractivity contribution in [2.75, 3.05) is 19.3 Å². The lowest BCUT2D eigenvalue weighted by Gasteiger charge is -2.12. The fourth-order valence-corrected chi connectivity index (χ4v) is 1.50. The highest BCUT2D eigenvalue weighted by atomic mass is 32.2. The molecule has 2 N–H and O–H groups in total. The van der Waals surface area contributed by atoms with Gasteiger partial charge in [-0.25, -0.2) is 0 Å². The van der Waals surface area contributed by atoms with Gasteiger partial charge in [-0.1, -0.05) is 13.8 Å². The molecule has 0 aromatic heterocycles. The molecular weight excluding hydrogens is 224 g/mol. The molecule has 0 bridgehead atoms. The summed E-state index contributed by atoms with van der Waals surface area (Å²) < 4.78 is 11.1. The maximum Gasteiger partial charge on any atom is 0.233 e. The van der Waals surface area contributed by atoms with Crippen LogP contribution in [0.3, 0.4) is 0 Å². The summed E-state index contributed by atoms with van der Waals surface area (Å²) in [6.07, 6.45) is 3.47. The van der Waals surface area contributed by atoms with Gasteiger partial charge in [0.1, 0.15) is 0 Å². The monoisotopic (exact) mass is 248 g/mol. The molecule has 0 aliphatic heterocycles. The Morgan fingerprint density at radius 2 is 2.00 bits per heavy atom. The average molecular weight is 248 g/mol. The van der Waals surface area contributed by atoms with Crippen molar-refractivity contribution < 1.29 is 9.00 Å². The summed E-state index contributed by atoms with van der Waals surface area (Å²) in [7, 11) is -0.804. The first kappa shape index (κ1) is 15.6. The molecule has 0 spiro atoms. The largest absolute Gasteiger partial charge is 0.355 e. The number of amides is 1. The van der Waals surface area contributed by atoms with Gasteiger partial charge in [-0.15, -0.1) is 0 Å². The molecule has 0 aromatic carbocycles. The Morgan fingerprint density at radius 1 is 1.38 bits per heavy atom. The smallest absolute Gasteiger partial charge is 0.233 e. The van der Waals surface area contributed by atoms with Gasteiger partial charge < -0.3 is 10.6 Å². The summed E-state index contributed by atoms with van der Waals surface area (Å²) in [4.78, 5) is 11.4. The normalized spacial score (nSPS) is 16.5. The molecule has 5 heteroatoms. The topological polar surface area (TPSA) is 58.2 Å². The van der Waals surface area contributed by atoms with Crippen molar-refractivity contribution in [1.29, 1.82) is 0 Å². The minimum Gasteiger partial charge on any atom is -0.355 e. The molecule has 0 aliphatic carbocycles. The molecule has 0 rings (SSSR count). The first-order valence-electron chi connectivity index (χ1n) is 5.79. The van der Waals surface area contributed by atoms with Crippen molar-refractivity contribution in [2.45, 2.75) is 44.9 Å². The highest BCUT2D eigenvalue weighted by molar-refractivity contribution is 7.84. The van der Waals surface area contributed by atoms with Gasteiger partial charge >= 0.3 is 0 Å². The third-order valence-corrected chi connectivity index (χ3v) is 4.03. The molecular formula is C11H24N2O2S. The van der Waals surface area contributed by atoms with E-state index in [2.05, 4.69) is 24.5 Å². The molecule has 3 unspecified atom stereocenters. The third kappa shape index (κ3) is 7.82. The number of nitrogens with one attached hydrogen (secondary N) is 2. The summed E-state index contributed by atoms with van der Waals surface area (Å²) in [6.45, 7) is 7.02. The van der Waals surface area contributed by atoms with Crippen LogP contribution in [0, 0.1) is 0 Å². The second-order valence-corrected chi connectivity index (χ2v) is 5.94. The molecule has 4 nitrogen and oxygen atoms in total. The maximum absolute atomic E-state index is 11.4. The fraction of sp³-hybridized carbons (Fsp3) is 0.909. The lowest BCUT2D eigenvalue weighted by atomic mass is 10.2. The van der Waals surface area contributed by atoms with Gasteiger partial charge in [0.15, 0.2) is 0 Å². The van der Waals surface area contributed by atoms with Crippen molar-refractivity contribution in [3.8, 4) is 0 Å². The lowest BCUT2D eigenvalue weighted by molar-refractivity contribution is -0.120. The van der Waals surface area contributed by atoms with Crippen LogP contribution in [0.15, 0.2) is 0 Å². The van der Waals surface area contributed by atoms with Crippen LogP contribution < -0.4 is 10.6 Å². The molecule has 1 amide bonds. The fourth-order valence-electron chi connectivity index (χ4n) is 1.05. The summed E-state index contributed by atoms with van der Waals surface area (Å²) in [5, 5.41) is 6.07. The molecule has 0 saturated carbocycles. The van der Waals surface area contributed by atoms with E-state index >= 15 is 0 Å². The van der Waals surface area contributed by atoms with Gasteiger partial charge in [0, 0.05) is 34.9 Å². The van der Waals surface area contributed by atoms with Gasteiger partial charge in [0.2, 0.25) is 5.91 Å². The van der Waals surface area contributed by atoms with E-state index in [9.17, 15) is 9.00 Å². The second-order valence-electron chi connectivity index (χ2n) is 4.14. The molecule has 16 heavy (non-hydrogen) atoms. The molecule has 0 heterocycles. The van der Waals surface area contributed by atoms with Crippen LogP contribution in [0.5, 0.6) is 0 Å². The van der Waals surface area contributed by atoms with E-state index in [1.54, 1.807) is 6.26 Å². The van der Waals surface area contributed by atoms with Crippen LogP contribution in [-0.4, -0.2) is 40.8 Å². The van der Waals surface area contributed by atoms with Gasteiger partial charge in [-0.2, -0.15) is 0 Å². The van der Waals surface area contributed by atoms with E-state index in [0.717, 1.165) is 12.8 Å². The third-order valence-electron chi connectivity index (χ3n) is 2.66. The number of carbonyl (C=O) groups excluding carboxylic acids is 1. The van der Waals surface area contributed by atoms with Gasteiger partial charge in [-0.3, -0.25) is 9.00 Å². The number of rotatable bonds is 8. The Hall–Kier alpha value is -0.420. The molecule has 0 saturated heterocycles. The Bertz CT molecular complexity index is 234. The van der Waals surface area contributed by atoms with Crippen molar-refractivity contribution in [2.24, 2.45) is 0 Å². The molecule has 96 valence electrons. The predicted molar refractivity (Wildman–Crippen MR) is 68.9 cm³/mol. The average Bonchev–Trinajstić information content (AvgIpc) is 2.25. The van der Waals surface area contributed by atoms with Crippen LogP contribution in [-0.2, 0) is 15.6 Å². The lowest BCUT2D eigenvalue weighted by Crippen LogP contribution is -2.38. The standard InChI is InChI=1S/C11H24N2O2S/c1-5-9(2)13-8-11(14)12-7-6-10(3)16(4)15/h9-10,13H,5-8H2,1-4H3,(H,12,14). The van der Waals surface area contributed by atoms with Crippen LogP contribution >= 0.6 is 0 Å². The van der Waals surface area contributed by atoms with E-state index in [1.807, 2.05) is 6.92 Å². The summed E-state index contributed by atoms with van der Waals surface area (Å²) >= 11 is 0. The van der Waals surface area contributed by atoms with Crippen LogP contribution in [0.25, 0.3) is 0 Å². The molecule has 0 aliphatic rings. The minimum atomic E-state index is -0.804. The summed E-state index contributed by atoms with van der Waals surface area (Å²) in [6, 6.07) is 0.368. The van der Waals surface area contributed by atoms with E-state index in [-0.39, 0.29) is 11.2 Å². The van der Waals surface area contributed by atoms with E-state index in [1.165, 1.54) is 0 Å². The first-order valence-corrected chi connectivity index (χ1v) is 7.41. The van der Waals surface area contributed by atoms with Gasteiger partial charge in [0.25, 0.3) is 0 Å². The highest BCUT2D eigenvalue weighted by Gasteiger charge is 2.07. The summed E-state index contributed by atoms with van der Waals surface area (Å²) in [5.41, 5.74) is 0. The van der Waals surface area contributed by atoms with E-state index < -0.39 is 10.8 Å². The predicted octanol–water partition coefficient (Wildman–Crippen LogP) is 0.648. The first-order chi connectivity index (χ1) is 7.47. The SMILES string of the molecule is CCC(C)NCC(=O)NCCC(C)S(C)=O. The number of hydrogen-bond acceptors (Lipinski definition) is 3. The second kappa shape index (κ2) is 8.70. The van der Waals surface area contributed by atoms with Crippen LogP contribution in [0.1, 0.15) is 33.6 Å². The number of hydrogen-bond donors (Lipinski definition) is 2. The van der Waals surface area contributed by atoms with E-state index in [4.69, 9.17) is 0 Å². The van der Waals surface area contributed by atoms with Gasteiger partial charge in [0.05, 0.1) is 6.54 Å². The molecule has 0 radical (unpaired) electrons. The maximum atomic E-state index is 11.4. The molecule has 3 atom stereocenters.